The number of ether oxygens (including phenoxy) is 1. The molecular weight excluding hydrogens is 420 g/mol. The molecule has 0 bridgehead atoms. The van der Waals surface area contributed by atoms with Crippen molar-refractivity contribution in [1.29, 1.82) is 0 Å². The van der Waals surface area contributed by atoms with Gasteiger partial charge in [-0.15, -0.1) is 0 Å². The summed E-state index contributed by atoms with van der Waals surface area (Å²) in [6.07, 6.45) is 6.67. The minimum atomic E-state index is -1.15. The van der Waals surface area contributed by atoms with E-state index in [0.717, 1.165) is 41.8 Å². The van der Waals surface area contributed by atoms with Gasteiger partial charge in [-0.05, 0) is 34.8 Å². The fourth-order valence-electron chi connectivity index (χ4n) is 3.82. The highest BCUT2D eigenvalue weighted by Crippen LogP contribution is 2.53. The van der Waals surface area contributed by atoms with E-state index in [4.69, 9.17) is 16.3 Å². The van der Waals surface area contributed by atoms with E-state index >= 15 is 0 Å². The SMILES string of the molecule is C[Si](C)(C)CCOCN1C(=O)C2(CCCCC2)c2c1ncc(Br)c2Cl. The number of carbonyl (C=O) groups excluding carboxylic acids is 1. The van der Waals surface area contributed by atoms with E-state index in [2.05, 4.69) is 40.6 Å². The third-order valence-corrected chi connectivity index (χ3v) is 8.19. The number of aromatic nitrogens is 1. The Bertz CT molecular complexity index is 672. The zero-order valence-corrected chi connectivity index (χ0v) is 18.5. The molecule has 0 N–H and O–H groups in total. The molecule has 0 unspecified atom stereocenters. The molecular formula is C18H26BrClN2O2Si. The Kier molecular flexibility index (Phi) is 5.64. The van der Waals surface area contributed by atoms with Crippen LogP contribution in [0.5, 0.6) is 0 Å². The molecule has 0 saturated heterocycles. The van der Waals surface area contributed by atoms with Gasteiger partial charge in [-0.1, -0.05) is 50.5 Å². The van der Waals surface area contributed by atoms with E-state index in [1.54, 1.807) is 11.1 Å². The molecule has 1 aromatic rings. The highest BCUT2D eigenvalue weighted by molar-refractivity contribution is 9.10. The van der Waals surface area contributed by atoms with Crippen LogP contribution in [-0.4, -0.2) is 32.3 Å². The molecule has 1 amide bonds. The van der Waals surface area contributed by atoms with Gasteiger partial charge in [0.05, 0.1) is 14.9 Å². The second kappa shape index (κ2) is 7.29. The molecule has 25 heavy (non-hydrogen) atoms. The largest absolute Gasteiger partial charge is 0.361 e. The Labute approximate surface area is 164 Å². The smallest absolute Gasteiger partial charge is 0.240 e. The van der Waals surface area contributed by atoms with E-state index in [0.29, 0.717) is 17.4 Å². The van der Waals surface area contributed by atoms with Crippen LogP contribution < -0.4 is 4.90 Å². The number of pyridine rings is 1. The van der Waals surface area contributed by atoms with E-state index < -0.39 is 13.5 Å². The molecule has 2 heterocycles. The second-order valence-corrected chi connectivity index (χ2v) is 15.2. The molecule has 0 atom stereocenters. The molecule has 1 aliphatic carbocycles. The van der Waals surface area contributed by atoms with Gasteiger partial charge in [0, 0.05) is 26.4 Å². The molecule has 0 aromatic carbocycles. The normalized spacial score (nSPS) is 19.6. The standard InChI is InChI=1S/C18H26BrClN2O2Si/c1-25(2,3)10-9-24-12-22-16-14(15(20)13(19)11-21-16)18(17(22)23)7-5-4-6-8-18/h11H,4-10,12H2,1-3H3. The zero-order valence-electron chi connectivity index (χ0n) is 15.2. The molecule has 4 nitrogen and oxygen atoms in total. The van der Waals surface area contributed by atoms with Gasteiger partial charge < -0.3 is 4.74 Å². The summed E-state index contributed by atoms with van der Waals surface area (Å²) < 4.78 is 6.63. The van der Waals surface area contributed by atoms with Gasteiger partial charge in [0.15, 0.2) is 0 Å². The molecule has 7 heteroatoms. The summed E-state index contributed by atoms with van der Waals surface area (Å²) in [5.41, 5.74) is 0.394. The summed E-state index contributed by atoms with van der Waals surface area (Å²) in [6, 6.07) is 1.08. The summed E-state index contributed by atoms with van der Waals surface area (Å²) in [5, 5.41) is 0.629. The number of hydrogen-bond donors (Lipinski definition) is 0. The van der Waals surface area contributed by atoms with Crippen molar-refractivity contribution in [2.75, 3.05) is 18.2 Å². The molecule has 1 fully saturated rings. The lowest BCUT2D eigenvalue weighted by Crippen LogP contribution is -2.42. The number of halogens is 2. The van der Waals surface area contributed by atoms with Crippen LogP contribution in [0.25, 0.3) is 0 Å². The van der Waals surface area contributed by atoms with Crippen LogP contribution in [0.3, 0.4) is 0 Å². The molecule has 0 radical (unpaired) electrons. The maximum atomic E-state index is 13.3. The lowest BCUT2D eigenvalue weighted by Gasteiger charge is -2.32. The number of carbonyl (C=O) groups is 1. The van der Waals surface area contributed by atoms with Crippen LogP contribution in [0.4, 0.5) is 5.82 Å². The summed E-state index contributed by atoms with van der Waals surface area (Å²) in [5.74, 6) is 0.802. The maximum absolute atomic E-state index is 13.3. The van der Waals surface area contributed by atoms with Crippen LogP contribution in [0.2, 0.25) is 30.7 Å². The highest BCUT2D eigenvalue weighted by Gasteiger charge is 2.53. The Morgan fingerprint density at radius 2 is 2.00 bits per heavy atom. The maximum Gasteiger partial charge on any atom is 0.240 e. The average molecular weight is 446 g/mol. The minimum absolute atomic E-state index is 0.114. The fraction of sp³-hybridized carbons (Fsp3) is 0.667. The first-order chi connectivity index (χ1) is 11.8. The van der Waals surface area contributed by atoms with Crippen LogP contribution in [0, 0.1) is 0 Å². The number of fused-ring (bicyclic) bond motifs is 2. The summed E-state index contributed by atoms with van der Waals surface area (Å²) >= 11 is 10.1. The van der Waals surface area contributed by atoms with Crippen molar-refractivity contribution in [3.8, 4) is 0 Å². The summed E-state index contributed by atoms with van der Waals surface area (Å²) in [4.78, 5) is 19.6. The molecule has 1 spiro atoms. The summed E-state index contributed by atoms with van der Waals surface area (Å²) in [7, 11) is -1.15. The molecule has 1 aromatic heterocycles. The Morgan fingerprint density at radius 3 is 2.64 bits per heavy atom. The predicted molar refractivity (Wildman–Crippen MR) is 108 cm³/mol. The predicted octanol–water partition coefficient (Wildman–Crippen LogP) is 5.36. The fourth-order valence-corrected chi connectivity index (χ4v) is 5.19. The number of rotatable bonds is 5. The Hall–Kier alpha value is -0.433. The number of amides is 1. The van der Waals surface area contributed by atoms with Crippen molar-refractivity contribution in [3.63, 3.8) is 0 Å². The zero-order chi connectivity index (χ0) is 18.2. The number of nitrogens with zero attached hydrogens (tertiary/aromatic N) is 2. The van der Waals surface area contributed by atoms with E-state index in [1.165, 1.54) is 6.42 Å². The molecule has 1 saturated carbocycles. The van der Waals surface area contributed by atoms with Crippen molar-refractivity contribution in [2.24, 2.45) is 0 Å². The van der Waals surface area contributed by atoms with Crippen LogP contribution in [0.15, 0.2) is 10.7 Å². The second-order valence-electron chi connectivity index (χ2n) is 8.34. The molecule has 3 rings (SSSR count). The topological polar surface area (TPSA) is 42.4 Å². The van der Waals surface area contributed by atoms with Gasteiger partial charge in [0.1, 0.15) is 12.5 Å². The molecule has 1 aliphatic heterocycles. The van der Waals surface area contributed by atoms with Crippen LogP contribution in [-0.2, 0) is 14.9 Å². The van der Waals surface area contributed by atoms with Gasteiger partial charge in [-0.2, -0.15) is 0 Å². The minimum Gasteiger partial charge on any atom is -0.361 e. The van der Waals surface area contributed by atoms with Crippen molar-refractivity contribution in [2.45, 2.75) is 63.2 Å². The van der Waals surface area contributed by atoms with E-state index in [9.17, 15) is 4.79 Å². The molecule has 138 valence electrons. The third-order valence-electron chi connectivity index (χ3n) is 5.27. The quantitative estimate of drug-likeness (QED) is 0.452. The number of anilines is 1. The first-order valence-electron chi connectivity index (χ1n) is 9.00. The monoisotopic (exact) mass is 444 g/mol. The lowest BCUT2D eigenvalue weighted by atomic mass is 9.70. The number of hydrogen-bond acceptors (Lipinski definition) is 3. The highest BCUT2D eigenvalue weighted by atomic mass is 79.9. The van der Waals surface area contributed by atoms with Gasteiger partial charge in [-0.25, -0.2) is 4.98 Å². The van der Waals surface area contributed by atoms with Gasteiger partial charge in [0.25, 0.3) is 0 Å². The lowest BCUT2D eigenvalue weighted by molar-refractivity contribution is -0.125. The summed E-state index contributed by atoms with van der Waals surface area (Å²) in [6.45, 7) is 7.92. The van der Waals surface area contributed by atoms with Crippen molar-refractivity contribution >= 4 is 47.3 Å². The molecule has 2 aliphatic rings. The third kappa shape index (κ3) is 3.68. The van der Waals surface area contributed by atoms with E-state index in [-0.39, 0.29) is 12.6 Å². The first kappa shape index (κ1) is 19.3. The van der Waals surface area contributed by atoms with Gasteiger partial charge in [0.2, 0.25) is 5.91 Å². The van der Waals surface area contributed by atoms with Crippen molar-refractivity contribution in [1.82, 2.24) is 4.98 Å². The van der Waals surface area contributed by atoms with Crippen molar-refractivity contribution in [3.05, 3.63) is 21.3 Å². The van der Waals surface area contributed by atoms with Crippen LogP contribution >= 0.6 is 27.5 Å². The average Bonchev–Trinajstić information content (AvgIpc) is 2.77. The van der Waals surface area contributed by atoms with Crippen LogP contribution in [0.1, 0.15) is 37.7 Å². The van der Waals surface area contributed by atoms with Crippen molar-refractivity contribution < 1.29 is 9.53 Å². The Morgan fingerprint density at radius 1 is 1.32 bits per heavy atom. The van der Waals surface area contributed by atoms with Gasteiger partial charge >= 0.3 is 0 Å². The first-order valence-corrected chi connectivity index (χ1v) is 13.9. The Balaban J connectivity index is 1.86. The van der Waals surface area contributed by atoms with Gasteiger partial charge in [-0.3, -0.25) is 9.69 Å². The van der Waals surface area contributed by atoms with E-state index in [1.807, 2.05) is 0 Å².